The summed E-state index contributed by atoms with van der Waals surface area (Å²) >= 11 is 3.57. The second-order valence-electron chi connectivity index (χ2n) is 5.71. The number of rotatable bonds is 4. The number of hydrogen-bond acceptors (Lipinski definition) is 1. The Morgan fingerprint density at radius 1 is 1.26 bits per heavy atom. The third-order valence-electron chi connectivity index (χ3n) is 2.46. The first-order valence-electron chi connectivity index (χ1n) is 6.48. The van der Waals surface area contributed by atoms with Gasteiger partial charge in [0.05, 0.1) is 0 Å². The molecule has 0 atom stereocenters. The van der Waals surface area contributed by atoms with Crippen LogP contribution in [-0.2, 0) is 6.54 Å². The van der Waals surface area contributed by atoms with Crippen molar-refractivity contribution in [1.29, 1.82) is 0 Å². The summed E-state index contributed by atoms with van der Waals surface area (Å²) in [6.07, 6.45) is 4.05. The van der Waals surface area contributed by atoms with Crippen molar-refractivity contribution < 1.29 is 0 Å². The lowest BCUT2D eigenvalue weighted by molar-refractivity contribution is 0.363. The topological polar surface area (TPSA) is 3.24 Å². The van der Waals surface area contributed by atoms with E-state index in [0.29, 0.717) is 0 Å². The second-order valence-corrected chi connectivity index (χ2v) is 6.56. The zero-order valence-electron chi connectivity index (χ0n) is 12.2. The molecule has 0 unspecified atom stereocenters. The van der Waals surface area contributed by atoms with Gasteiger partial charge in [-0.15, -0.1) is 0 Å². The average Bonchev–Trinajstić information content (AvgIpc) is 2.30. The maximum Gasteiger partial charge on any atom is 0.0245 e. The van der Waals surface area contributed by atoms with Gasteiger partial charge in [0, 0.05) is 23.0 Å². The van der Waals surface area contributed by atoms with Crippen molar-refractivity contribution in [3.05, 3.63) is 46.5 Å². The Bertz CT molecular complexity index is 486. The van der Waals surface area contributed by atoms with Crippen LogP contribution in [0, 0.1) is 17.3 Å². The first kappa shape index (κ1) is 16.0. The number of allylic oxidation sites excluding steroid dienone is 1. The molecule has 0 aliphatic rings. The van der Waals surface area contributed by atoms with Crippen molar-refractivity contribution in [3.63, 3.8) is 0 Å². The van der Waals surface area contributed by atoms with Gasteiger partial charge in [-0.2, -0.15) is 0 Å². The minimum absolute atomic E-state index is 0.0745. The molecule has 0 aliphatic heterocycles. The van der Waals surface area contributed by atoms with Crippen molar-refractivity contribution in [3.8, 4) is 11.8 Å². The van der Waals surface area contributed by atoms with Gasteiger partial charge >= 0.3 is 0 Å². The molecule has 1 aromatic rings. The van der Waals surface area contributed by atoms with Crippen LogP contribution in [0.1, 0.15) is 26.3 Å². The summed E-state index contributed by atoms with van der Waals surface area (Å²) in [6.45, 7) is 8.19. The Labute approximate surface area is 125 Å². The summed E-state index contributed by atoms with van der Waals surface area (Å²) in [4.78, 5) is 2.26. The van der Waals surface area contributed by atoms with Crippen LogP contribution in [0.3, 0.4) is 0 Å². The van der Waals surface area contributed by atoms with Gasteiger partial charge in [0.15, 0.2) is 0 Å². The molecule has 0 bridgehead atoms. The van der Waals surface area contributed by atoms with Crippen LogP contribution in [0.2, 0.25) is 0 Å². The van der Waals surface area contributed by atoms with Crippen LogP contribution in [0.4, 0.5) is 0 Å². The molecular formula is C17H22BrN. The fraction of sp³-hybridized carbons (Fsp3) is 0.412. The molecule has 0 aromatic heterocycles. The van der Waals surface area contributed by atoms with Crippen molar-refractivity contribution >= 4 is 15.9 Å². The van der Waals surface area contributed by atoms with Crippen molar-refractivity contribution in [1.82, 2.24) is 4.90 Å². The van der Waals surface area contributed by atoms with E-state index < -0.39 is 0 Å². The van der Waals surface area contributed by atoms with Crippen LogP contribution in [0.25, 0.3) is 0 Å². The lowest BCUT2D eigenvalue weighted by Crippen LogP contribution is -2.17. The summed E-state index contributed by atoms with van der Waals surface area (Å²) in [5.74, 6) is 6.28. The van der Waals surface area contributed by atoms with E-state index in [0.717, 1.165) is 13.1 Å². The summed E-state index contributed by atoms with van der Waals surface area (Å²) in [5.41, 5.74) is 1.38. The van der Waals surface area contributed by atoms with Crippen molar-refractivity contribution in [2.24, 2.45) is 5.41 Å². The van der Waals surface area contributed by atoms with Crippen LogP contribution >= 0.6 is 15.9 Å². The number of hydrogen-bond donors (Lipinski definition) is 0. The van der Waals surface area contributed by atoms with E-state index in [1.807, 2.05) is 12.1 Å². The monoisotopic (exact) mass is 319 g/mol. The highest BCUT2D eigenvalue weighted by Gasteiger charge is 2.03. The maximum atomic E-state index is 3.57. The summed E-state index contributed by atoms with van der Waals surface area (Å²) in [7, 11) is 2.11. The lowest BCUT2D eigenvalue weighted by atomic mass is 9.98. The lowest BCUT2D eigenvalue weighted by Gasteiger charge is -2.15. The van der Waals surface area contributed by atoms with Crippen LogP contribution in [0.5, 0.6) is 0 Å². The number of halogens is 1. The standard InChI is InChI=1S/C17H22BrN/c1-17(2,3)12-8-5-9-13-19(4)14-15-10-6-7-11-16(15)18/h5-7,9-11H,13-14H2,1-4H3. The zero-order valence-corrected chi connectivity index (χ0v) is 13.8. The molecule has 0 N–H and O–H groups in total. The van der Waals surface area contributed by atoms with E-state index in [1.54, 1.807) is 0 Å². The molecule has 2 heteroatoms. The van der Waals surface area contributed by atoms with Crippen LogP contribution < -0.4 is 0 Å². The minimum Gasteiger partial charge on any atom is -0.298 e. The average molecular weight is 320 g/mol. The molecule has 0 saturated heterocycles. The second kappa shape index (κ2) is 7.53. The van der Waals surface area contributed by atoms with Gasteiger partial charge in [0.25, 0.3) is 0 Å². The Kier molecular flexibility index (Phi) is 6.34. The van der Waals surface area contributed by atoms with E-state index in [4.69, 9.17) is 0 Å². The summed E-state index contributed by atoms with van der Waals surface area (Å²) < 4.78 is 1.17. The normalized spacial score (nSPS) is 11.7. The molecule has 1 nitrogen and oxygen atoms in total. The number of benzene rings is 1. The first-order chi connectivity index (χ1) is 8.88. The molecular weight excluding hydrogens is 298 g/mol. The molecule has 0 heterocycles. The Balaban J connectivity index is 2.44. The summed E-state index contributed by atoms with van der Waals surface area (Å²) in [5, 5.41) is 0. The van der Waals surface area contributed by atoms with E-state index in [2.05, 4.69) is 84.8 Å². The highest BCUT2D eigenvalue weighted by molar-refractivity contribution is 9.10. The van der Waals surface area contributed by atoms with Gasteiger partial charge in [-0.1, -0.05) is 52.0 Å². The zero-order chi connectivity index (χ0) is 14.3. The van der Waals surface area contributed by atoms with Crippen molar-refractivity contribution in [2.75, 3.05) is 13.6 Å². The van der Waals surface area contributed by atoms with Crippen molar-refractivity contribution in [2.45, 2.75) is 27.3 Å². The van der Waals surface area contributed by atoms with Gasteiger partial charge < -0.3 is 0 Å². The summed E-state index contributed by atoms with van der Waals surface area (Å²) in [6, 6.07) is 8.33. The fourth-order valence-corrected chi connectivity index (χ4v) is 1.94. The van der Waals surface area contributed by atoms with Gasteiger partial charge in [-0.3, -0.25) is 4.90 Å². The van der Waals surface area contributed by atoms with Gasteiger partial charge in [0.1, 0.15) is 0 Å². The largest absolute Gasteiger partial charge is 0.298 e. The highest BCUT2D eigenvalue weighted by atomic mass is 79.9. The number of likely N-dealkylation sites (N-methyl/N-ethyl adjacent to an activating group) is 1. The van der Waals surface area contributed by atoms with Crippen LogP contribution in [-0.4, -0.2) is 18.5 Å². The van der Waals surface area contributed by atoms with Crippen LogP contribution in [0.15, 0.2) is 40.9 Å². The van der Waals surface area contributed by atoms with E-state index in [-0.39, 0.29) is 5.41 Å². The third kappa shape index (κ3) is 7.20. The first-order valence-corrected chi connectivity index (χ1v) is 7.27. The molecule has 102 valence electrons. The Morgan fingerprint density at radius 3 is 2.58 bits per heavy atom. The molecule has 0 fully saturated rings. The molecule has 0 aliphatic carbocycles. The quantitative estimate of drug-likeness (QED) is 0.739. The molecule has 0 saturated carbocycles. The van der Waals surface area contributed by atoms with Gasteiger partial charge in [-0.25, -0.2) is 0 Å². The Hall–Kier alpha value is -1.04. The predicted molar refractivity (Wildman–Crippen MR) is 86.8 cm³/mol. The molecule has 1 aromatic carbocycles. The van der Waals surface area contributed by atoms with E-state index >= 15 is 0 Å². The fourth-order valence-electron chi connectivity index (χ4n) is 1.53. The molecule has 0 radical (unpaired) electrons. The predicted octanol–water partition coefficient (Wildman–Crippen LogP) is 4.49. The molecule has 0 spiro atoms. The minimum atomic E-state index is 0.0745. The molecule has 1 rings (SSSR count). The third-order valence-corrected chi connectivity index (χ3v) is 3.24. The maximum absolute atomic E-state index is 3.57. The van der Waals surface area contributed by atoms with Gasteiger partial charge in [0.2, 0.25) is 0 Å². The SMILES string of the molecule is CN(CC=CC#CC(C)(C)C)Cc1ccccc1Br. The highest BCUT2D eigenvalue weighted by Crippen LogP contribution is 2.17. The smallest absolute Gasteiger partial charge is 0.0245 e. The van der Waals surface area contributed by atoms with Gasteiger partial charge in [-0.05, 0) is 45.5 Å². The molecule has 19 heavy (non-hydrogen) atoms. The van der Waals surface area contributed by atoms with E-state index in [9.17, 15) is 0 Å². The molecule has 0 amide bonds. The number of nitrogens with zero attached hydrogens (tertiary/aromatic N) is 1. The Morgan fingerprint density at radius 2 is 1.95 bits per heavy atom. The van der Waals surface area contributed by atoms with E-state index in [1.165, 1.54) is 10.0 Å².